The minimum absolute atomic E-state index is 0.531. The highest BCUT2D eigenvalue weighted by Crippen LogP contribution is 2.23. The van der Waals surface area contributed by atoms with Crippen molar-refractivity contribution in [3.63, 3.8) is 0 Å². The van der Waals surface area contributed by atoms with Gasteiger partial charge in [-0.05, 0) is 18.6 Å². The van der Waals surface area contributed by atoms with Crippen LogP contribution in [0.25, 0.3) is 0 Å². The molecule has 0 saturated carbocycles. The third kappa shape index (κ3) is 1.45. The second kappa shape index (κ2) is 3.04. The molecular formula is C7H10S. The molecule has 0 aromatic carbocycles. The summed E-state index contributed by atoms with van der Waals surface area (Å²) >= 11 is 1.93. The Morgan fingerprint density at radius 1 is 1.50 bits per heavy atom. The van der Waals surface area contributed by atoms with Crippen LogP contribution in [0.1, 0.15) is 19.3 Å². The highest BCUT2D eigenvalue weighted by atomic mass is 32.2. The maximum atomic E-state index is 5.23. The minimum Gasteiger partial charge on any atom is -0.145 e. The molecule has 0 nitrogen and oxygen atoms in total. The summed E-state index contributed by atoms with van der Waals surface area (Å²) in [6.45, 7) is 0. The highest BCUT2D eigenvalue weighted by Gasteiger charge is 2.09. The van der Waals surface area contributed by atoms with Crippen LogP contribution >= 0.6 is 11.8 Å². The van der Waals surface area contributed by atoms with E-state index in [4.69, 9.17) is 6.42 Å². The van der Waals surface area contributed by atoms with Crippen molar-refractivity contribution < 1.29 is 0 Å². The molecule has 1 heteroatoms. The fraction of sp³-hybridized carbons (Fsp3) is 0.714. The van der Waals surface area contributed by atoms with Crippen LogP contribution < -0.4 is 0 Å². The number of rotatable bonds is 0. The lowest BCUT2D eigenvalue weighted by Gasteiger charge is -2.14. The van der Waals surface area contributed by atoms with Gasteiger partial charge in [0.05, 0.1) is 5.25 Å². The van der Waals surface area contributed by atoms with Crippen molar-refractivity contribution in [1.29, 1.82) is 0 Å². The molecule has 0 aromatic heterocycles. The van der Waals surface area contributed by atoms with E-state index in [0.717, 1.165) is 0 Å². The first-order valence-corrected chi connectivity index (χ1v) is 4.06. The monoisotopic (exact) mass is 126 g/mol. The third-order valence-corrected chi connectivity index (χ3v) is 2.66. The molecule has 0 bridgehead atoms. The van der Waals surface area contributed by atoms with E-state index < -0.39 is 0 Å². The number of hydrogen-bond donors (Lipinski definition) is 0. The first kappa shape index (κ1) is 6.04. The summed E-state index contributed by atoms with van der Waals surface area (Å²) in [6.07, 6.45) is 9.17. The Balaban J connectivity index is 2.25. The predicted molar refractivity (Wildman–Crippen MR) is 38.9 cm³/mol. The molecule has 8 heavy (non-hydrogen) atoms. The van der Waals surface area contributed by atoms with E-state index in [2.05, 4.69) is 5.92 Å². The molecule has 1 aliphatic heterocycles. The van der Waals surface area contributed by atoms with Gasteiger partial charge in [-0.25, -0.2) is 0 Å². The Bertz CT molecular complexity index is 95.4. The predicted octanol–water partition coefficient (Wildman–Crippen LogP) is 1.91. The number of terminal acetylenes is 1. The van der Waals surface area contributed by atoms with Gasteiger partial charge in [0, 0.05) is 0 Å². The van der Waals surface area contributed by atoms with E-state index in [9.17, 15) is 0 Å². The van der Waals surface area contributed by atoms with Gasteiger partial charge in [0.1, 0.15) is 0 Å². The molecule has 1 heterocycles. The van der Waals surface area contributed by atoms with Crippen molar-refractivity contribution in [3.8, 4) is 12.3 Å². The summed E-state index contributed by atoms with van der Waals surface area (Å²) in [6, 6.07) is 0. The van der Waals surface area contributed by atoms with Gasteiger partial charge in [-0.2, -0.15) is 0 Å². The highest BCUT2D eigenvalue weighted by molar-refractivity contribution is 8.00. The molecule has 44 valence electrons. The second-order valence-corrected chi connectivity index (χ2v) is 3.33. The van der Waals surface area contributed by atoms with Crippen molar-refractivity contribution in [1.82, 2.24) is 0 Å². The van der Waals surface area contributed by atoms with Gasteiger partial charge < -0.3 is 0 Å². The molecule has 1 rings (SSSR count). The molecule has 1 unspecified atom stereocenters. The zero-order chi connectivity index (χ0) is 5.82. The van der Waals surface area contributed by atoms with Gasteiger partial charge in [-0.3, -0.25) is 0 Å². The second-order valence-electron chi connectivity index (χ2n) is 2.02. The van der Waals surface area contributed by atoms with E-state index in [1.54, 1.807) is 0 Å². The molecule has 0 spiro atoms. The van der Waals surface area contributed by atoms with Crippen molar-refractivity contribution in [3.05, 3.63) is 0 Å². The summed E-state index contributed by atoms with van der Waals surface area (Å²) in [7, 11) is 0. The molecule has 1 atom stereocenters. The Morgan fingerprint density at radius 2 is 2.38 bits per heavy atom. The zero-order valence-electron chi connectivity index (χ0n) is 4.89. The normalized spacial score (nSPS) is 29.1. The van der Waals surface area contributed by atoms with E-state index >= 15 is 0 Å². The Kier molecular flexibility index (Phi) is 2.29. The van der Waals surface area contributed by atoms with Crippen LogP contribution in [0.15, 0.2) is 0 Å². The molecule has 0 radical (unpaired) electrons. The molecule has 1 aliphatic rings. The summed E-state index contributed by atoms with van der Waals surface area (Å²) in [5.74, 6) is 4.04. The van der Waals surface area contributed by atoms with Crippen LogP contribution in [0.3, 0.4) is 0 Å². The van der Waals surface area contributed by atoms with E-state index in [-0.39, 0.29) is 0 Å². The van der Waals surface area contributed by atoms with Gasteiger partial charge in [0.25, 0.3) is 0 Å². The first-order chi connectivity index (χ1) is 3.93. The van der Waals surface area contributed by atoms with E-state index in [1.165, 1.54) is 25.0 Å². The largest absolute Gasteiger partial charge is 0.145 e. The van der Waals surface area contributed by atoms with Gasteiger partial charge in [0.2, 0.25) is 0 Å². The van der Waals surface area contributed by atoms with Crippen LogP contribution in [0.5, 0.6) is 0 Å². The lowest BCUT2D eigenvalue weighted by Crippen LogP contribution is -2.05. The average Bonchev–Trinajstić information content (AvgIpc) is 1.90. The van der Waals surface area contributed by atoms with Gasteiger partial charge in [0.15, 0.2) is 0 Å². The topological polar surface area (TPSA) is 0 Å². The van der Waals surface area contributed by atoms with Gasteiger partial charge >= 0.3 is 0 Å². The lowest BCUT2D eigenvalue weighted by molar-refractivity contribution is 0.727. The summed E-state index contributed by atoms with van der Waals surface area (Å²) in [5.41, 5.74) is 0. The van der Waals surface area contributed by atoms with Crippen LogP contribution in [-0.4, -0.2) is 11.0 Å². The van der Waals surface area contributed by atoms with Crippen LogP contribution in [0.2, 0.25) is 0 Å². The van der Waals surface area contributed by atoms with Crippen LogP contribution in [0, 0.1) is 12.3 Å². The van der Waals surface area contributed by atoms with E-state index in [0.29, 0.717) is 5.25 Å². The van der Waals surface area contributed by atoms with Gasteiger partial charge in [-0.15, -0.1) is 18.2 Å². The molecule has 0 aromatic rings. The lowest BCUT2D eigenvalue weighted by atomic mass is 10.2. The van der Waals surface area contributed by atoms with Crippen LogP contribution in [-0.2, 0) is 0 Å². The van der Waals surface area contributed by atoms with E-state index in [1.807, 2.05) is 11.8 Å². The fourth-order valence-corrected chi connectivity index (χ4v) is 1.96. The Labute approximate surface area is 55.0 Å². The molecule has 1 saturated heterocycles. The standard InChI is InChI=1S/C7H10S/c1-2-7-5-3-4-6-8-7/h1,7H,3-6H2. The fourth-order valence-electron chi connectivity index (χ4n) is 0.872. The number of thioether (sulfide) groups is 1. The van der Waals surface area contributed by atoms with Crippen molar-refractivity contribution in [2.24, 2.45) is 0 Å². The van der Waals surface area contributed by atoms with Gasteiger partial charge in [-0.1, -0.05) is 12.3 Å². The average molecular weight is 126 g/mol. The summed E-state index contributed by atoms with van der Waals surface area (Å²) < 4.78 is 0. The third-order valence-electron chi connectivity index (χ3n) is 1.37. The first-order valence-electron chi connectivity index (χ1n) is 3.01. The molecule has 0 amide bonds. The zero-order valence-corrected chi connectivity index (χ0v) is 5.71. The summed E-state index contributed by atoms with van der Waals surface area (Å²) in [5, 5.41) is 0.531. The molecule has 0 aliphatic carbocycles. The van der Waals surface area contributed by atoms with Crippen molar-refractivity contribution in [2.45, 2.75) is 24.5 Å². The maximum absolute atomic E-state index is 5.23. The summed E-state index contributed by atoms with van der Waals surface area (Å²) in [4.78, 5) is 0. The van der Waals surface area contributed by atoms with Crippen molar-refractivity contribution in [2.75, 3.05) is 5.75 Å². The van der Waals surface area contributed by atoms with Crippen LogP contribution in [0.4, 0.5) is 0 Å². The Morgan fingerprint density at radius 3 is 2.75 bits per heavy atom. The Hall–Kier alpha value is -0.0900. The van der Waals surface area contributed by atoms with Crippen molar-refractivity contribution >= 4 is 11.8 Å². The quantitative estimate of drug-likeness (QED) is 0.447. The SMILES string of the molecule is C#CC1CCCCS1. The maximum Gasteiger partial charge on any atom is 0.0654 e. The minimum atomic E-state index is 0.531. The smallest absolute Gasteiger partial charge is 0.0654 e. The molecule has 0 N–H and O–H groups in total. The molecule has 1 fully saturated rings. The number of hydrogen-bond acceptors (Lipinski definition) is 1. The molecular weight excluding hydrogens is 116 g/mol.